The molecule has 0 fully saturated rings. The minimum atomic E-state index is -0.231. The zero-order valence-corrected chi connectivity index (χ0v) is 15.3. The van der Waals surface area contributed by atoms with Crippen LogP contribution in [-0.2, 0) is 6.54 Å². The molecule has 0 aliphatic heterocycles. The maximum absolute atomic E-state index is 12.5. The molecule has 2 aromatic heterocycles. The number of imidazole rings is 1. The number of urea groups is 1. The van der Waals surface area contributed by atoms with Crippen LogP contribution >= 0.6 is 0 Å². The number of para-hydroxylation sites is 2. The number of rotatable bonds is 6. The van der Waals surface area contributed by atoms with Crippen LogP contribution in [0.5, 0.6) is 0 Å². The number of aromatic nitrogens is 4. The molecule has 1 unspecified atom stereocenters. The Balaban J connectivity index is 1.72. The second-order valence-electron chi connectivity index (χ2n) is 6.32. The highest BCUT2D eigenvalue weighted by Gasteiger charge is 2.14. The van der Waals surface area contributed by atoms with E-state index in [2.05, 4.69) is 20.7 Å². The van der Waals surface area contributed by atoms with E-state index in [-0.39, 0.29) is 12.1 Å². The van der Waals surface area contributed by atoms with Crippen LogP contribution in [0.15, 0.2) is 49.1 Å². The normalized spacial score (nSPS) is 12.0. The van der Waals surface area contributed by atoms with Crippen LogP contribution < -0.4 is 10.6 Å². The van der Waals surface area contributed by atoms with Crippen LogP contribution in [0.2, 0.25) is 0 Å². The Morgan fingerprint density at radius 2 is 2.08 bits per heavy atom. The van der Waals surface area contributed by atoms with E-state index < -0.39 is 0 Å². The fourth-order valence-corrected chi connectivity index (χ4v) is 2.91. The Kier molecular flexibility index (Phi) is 5.36. The van der Waals surface area contributed by atoms with Crippen molar-refractivity contribution in [3.05, 3.63) is 60.4 Å². The van der Waals surface area contributed by atoms with Gasteiger partial charge in [0, 0.05) is 30.7 Å². The van der Waals surface area contributed by atoms with Gasteiger partial charge in [-0.05, 0) is 38.5 Å². The highest BCUT2D eigenvalue weighted by Crippen LogP contribution is 2.21. The van der Waals surface area contributed by atoms with Crippen molar-refractivity contribution in [3.63, 3.8) is 0 Å². The van der Waals surface area contributed by atoms with Crippen molar-refractivity contribution in [1.82, 2.24) is 24.6 Å². The summed E-state index contributed by atoms with van der Waals surface area (Å²) in [7, 11) is 0. The van der Waals surface area contributed by atoms with E-state index in [9.17, 15) is 4.79 Å². The SMILES string of the molecule is CCC(Cn1ccnc1)NC(=O)Nc1ccccc1-n1nc(C)cc1C. The molecule has 3 rings (SSSR count). The van der Waals surface area contributed by atoms with Gasteiger partial charge >= 0.3 is 6.03 Å². The summed E-state index contributed by atoms with van der Waals surface area (Å²) >= 11 is 0. The number of nitrogens with one attached hydrogen (secondary N) is 2. The molecule has 7 heteroatoms. The molecule has 0 aliphatic rings. The molecule has 2 N–H and O–H groups in total. The number of aryl methyl sites for hydroxylation is 2. The van der Waals surface area contributed by atoms with Gasteiger partial charge in [-0.15, -0.1) is 0 Å². The number of carbonyl (C=O) groups is 1. The molecule has 0 spiro atoms. The Labute approximate surface area is 153 Å². The van der Waals surface area contributed by atoms with Gasteiger partial charge in [0.05, 0.1) is 23.4 Å². The molecule has 7 nitrogen and oxygen atoms in total. The van der Waals surface area contributed by atoms with Gasteiger partial charge < -0.3 is 15.2 Å². The minimum Gasteiger partial charge on any atom is -0.335 e. The Morgan fingerprint density at radius 3 is 2.73 bits per heavy atom. The first kappa shape index (κ1) is 17.7. The predicted molar refractivity (Wildman–Crippen MR) is 101 cm³/mol. The quantitative estimate of drug-likeness (QED) is 0.715. The van der Waals surface area contributed by atoms with Gasteiger partial charge in [-0.3, -0.25) is 0 Å². The monoisotopic (exact) mass is 352 g/mol. The van der Waals surface area contributed by atoms with Gasteiger partial charge in [0.2, 0.25) is 0 Å². The number of carbonyl (C=O) groups excluding carboxylic acids is 1. The molecule has 0 saturated heterocycles. The van der Waals surface area contributed by atoms with E-state index in [1.807, 2.05) is 66.5 Å². The molecule has 3 aromatic rings. The minimum absolute atomic E-state index is 0.0186. The standard InChI is InChI=1S/C19H24N6O/c1-4-16(12-24-10-9-20-13-24)21-19(26)22-17-7-5-6-8-18(17)25-15(3)11-14(2)23-25/h5-11,13,16H,4,12H2,1-3H3,(H2,21,22,26). The first-order valence-corrected chi connectivity index (χ1v) is 8.72. The van der Waals surface area contributed by atoms with Gasteiger partial charge in [0.15, 0.2) is 0 Å². The average Bonchev–Trinajstić information content (AvgIpc) is 3.24. The lowest BCUT2D eigenvalue weighted by atomic mass is 10.2. The Bertz CT molecular complexity index is 868. The lowest BCUT2D eigenvalue weighted by molar-refractivity contribution is 0.246. The maximum Gasteiger partial charge on any atom is 0.319 e. The molecule has 136 valence electrons. The van der Waals surface area contributed by atoms with Crippen molar-refractivity contribution in [3.8, 4) is 5.69 Å². The third kappa shape index (κ3) is 4.11. The first-order chi connectivity index (χ1) is 12.6. The summed E-state index contributed by atoms with van der Waals surface area (Å²) in [5.74, 6) is 0. The van der Waals surface area contributed by atoms with Crippen molar-refractivity contribution in [2.75, 3.05) is 5.32 Å². The summed E-state index contributed by atoms with van der Waals surface area (Å²) in [4.78, 5) is 16.5. The maximum atomic E-state index is 12.5. The fraction of sp³-hybridized carbons (Fsp3) is 0.316. The summed E-state index contributed by atoms with van der Waals surface area (Å²) in [6.07, 6.45) is 6.20. The molecule has 2 heterocycles. The van der Waals surface area contributed by atoms with Crippen LogP contribution in [-0.4, -0.2) is 31.4 Å². The van der Waals surface area contributed by atoms with E-state index in [0.29, 0.717) is 12.2 Å². The molecular formula is C19H24N6O. The highest BCUT2D eigenvalue weighted by molar-refractivity contribution is 5.91. The zero-order valence-electron chi connectivity index (χ0n) is 15.3. The smallest absolute Gasteiger partial charge is 0.319 e. The van der Waals surface area contributed by atoms with Crippen LogP contribution in [0.4, 0.5) is 10.5 Å². The van der Waals surface area contributed by atoms with Gasteiger partial charge in [-0.2, -0.15) is 5.10 Å². The number of benzene rings is 1. The number of nitrogens with zero attached hydrogens (tertiary/aromatic N) is 4. The van der Waals surface area contributed by atoms with E-state index in [0.717, 1.165) is 23.5 Å². The lowest BCUT2D eigenvalue weighted by Crippen LogP contribution is -2.40. The van der Waals surface area contributed by atoms with Crippen LogP contribution in [0, 0.1) is 13.8 Å². The average molecular weight is 352 g/mol. The van der Waals surface area contributed by atoms with E-state index in [1.54, 1.807) is 12.5 Å². The first-order valence-electron chi connectivity index (χ1n) is 8.72. The molecule has 0 saturated carbocycles. The van der Waals surface area contributed by atoms with Gasteiger partial charge in [-0.25, -0.2) is 14.5 Å². The topological polar surface area (TPSA) is 76.8 Å². The van der Waals surface area contributed by atoms with Crippen molar-refractivity contribution in [1.29, 1.82) is 0 Å². The van der Waals surface area contributed by atoms with E-state index in [1.165, 1.54) is 0 Å². The van der Waals surface area contributed by atoms with Crippen LogP contribution in [0.3, 0.4) is 0 Å². The molecule has 0 bridgehead atoms. The molecule has 26 heavy (non-hydrogen) atoms. The van der Waals surface area contributed by atoms with Gasteiger partial charge in [0.25, 0.3) is 0 Å². The molecule has 1 aromatic carbocycles. The van der Waals surface area contributed by atoms with Crippen LogP contribution in [0.25, 0.3) is 5.69 Å². The summed E-state index contributed by atoms with van der Waals surface area (Å²) in [5.41, 5.74) is 3.52. The number of hydrogen-bond donors (Lipinski definition) is 2. The Morgan fingerprint density at radius 1 is 1.27 bits per heavy atom. The zero-order chi connectivity index (χ0) is 18.5. The number of hydrogen-bond acceptors (Lipinski definition) is 3. The number of anilines is 1. The van der Waals surface area contributed by atoms with E-state index >= 15 is 0 Å². The van der Waals surface area contributed by atoms with Crippen molar-refractivity contribution in [2.45, 2.75) is 39.8 Å². The molecule has 1 atom stereocenters. The van der Waals surface area contributed by atoms with Crippen molar-refractivity contribution >= 4 is 11.7 Å². The van der Waals surface area contributed by atoms with Crippen molar-refractivity contribution < 1.29 is 4.79 Å². The molecular weight excluding hydrogens is 328 g/mol. The second kappa shape index (κ2) is 7.86. The second-order valence-corrected chi connectivity index (χ2v) is 6.32. The van der Waals surface area contributed by atoms with Gasteiger partial charge in [-0.1, -0.05) is 19.1 Å². The largest absolute Gasteiger partial charge is 0.335 e. The summed E-state index contributed by atoms with van der Waals surface area (Å²) < 4.78 is 3.80. The van der Waals surface area contributed by atoms with E-state index in [4.69, 9.17) is 0 Å². The predicted octanol–water partition coefficient (Wildman–Crippen LogP) is 3.29. The molecule has 0 radical (unpaired) electrons. The summed E-state index contributed by atoms with van der Waals surface area (Å²) in [6, 6.07) is 9.45. The summed E-state index contributed by atoms with van der Waals surface area (Å²) in [5, 5.41) is 10.5. The number of amides is 2. The Hall–Kier alpha value is -3.09. The van der Waals surface area contributed by atoms with Crippen LogP contribution in [0.1, 0.15) is 24.7 Å². The highest BCUT2D eigenvalue weighted by atomic mass is 16.2. The molecule has 0 aliphatic carbocycles. The van der Waals surface area contributed by atoms with Crippen molar-refractivity contribution in [2.24, 2.45) is 0 Å². The summed E-state index contributed by atoms with van der Waals surface area (Å²) in [6.45, 7) is 6.68. The fourth-order valence-electron chi connectivity index (χ4n) is 2.91. The lowest BCUT2D eigenvalue weighted by Gasteiger charge is -2.19. The third-order valence-electron chi connectivity index (χ3n) is 4.21. The van der Waals surface area contributed by atoms with Gasteiger partial charge in [0.1, 0.15) is 0 Å². The molecule has 2 amide bonds. The third-order valence-corrected chi connectivity index (χ3v) is 4.21.